The number of nitrogens with one attached hydrogen (secondary N) is 1. The zero-order chi connectivity index (χ0) is 26.2. The van der Waals surface area contributed by atoms with Crippen molar-refractivity contribution in [1.82, 2.24) is 19.6 Å². The second-order valence-electron chi connectivity index (χ2n) is 8.96. The predicted octanol–water partition coefficient (Wildman–Crippen LogP) is 5.89. The van der Waals surface area contributed by atoms with Crippen LogP contribution in [0.1, 0.15) is 45.4 Å². The number of pyridine rings is 1. The molecule has 0 fully saturated rings. The number of hydrogen-bond acceptors (Lipinski definition) is 4. The van der Waals surface area contributed by atoms with E-state index in [2.05, 4.69) is 32.1 Å². The maximum atomic E-state index is 13.1. The first kappa shape index (κ1) is 25.1. The highest BCUT2D eigenvalue weighted by Crippen LogP contribution is 2.27. The van der Waals surface area contributed by atoms with E-state index in [0.29, 0.717) is 48.1 Å². The van der Waals surface area contributed by atoms with Crippen molar-refractivity contribution in [2.75, 3.05) is 0 Å². The van der Waals surface area contributed by atoms with Gasteiger partial charge in [0.25, 0.3) is 5.91 Å². The fourth-order valence-corrected chi connectivity index (χ4v) is 4.77. The van der Waals surface area contributed by atoms with Crippen molar-refractivity contribution in [3.8, 4) is 5.75 Å². The van der Waals surface area contributed by atoms with E-state index < -0.39 is 6.36 Å². The molecule has 0 aliphatic carbocycles. The number of amides is 1. The third-order valence-electron chi connectivity index (χ3n) is 6.29. The molecular formula is C27H24ClF3N4O2. The summed E-state index contributed by atoms with van der Waals surface area (Å²) < 4.78 is 42.8. The summed E-state index contributed by atoms with van der Waals surface area (Å²) in [6.45, 7) is 4.39. The number of hydrogen-bond donors (Lipinski definition) is 1. The normalized spacial score (nSPS) is 13.6. The number of aromatic nitrogens is 2. The maximum absolute atomic E-state index is 13.1. The molecule has 192 valence electrons. The molecule has 3 heterocycles. The van der Waals surface area contributed by atoms with Gasteiger partial charge < -0.3 is 10.1 Å². The number of nitrogens with zero attached hydrogens (tertiary/aromatic N) is 3. The Kier molecular flexibility index (Phi) is 6.83. The lowest BCUT2D eigenvalue weighted by molar-refractivity contribution is -0.274. The lowest BCUT2D eigenvalue weighted by Gasteiger charge is -2.15. The minimum absolute atomic E-state index is 0.202. The number of ether oxygens (including phenoxy) is 1. The van der Waals surface area contributed by atoms with Gasteiger partial charge in [0.15, 0.2) is 0 Å². The number of fused-ring (bicyclic) bond motifs is 2. The molecule has 1 N–H and O–H groups in total. The van der Waals surface area contributed by atoms with Crippen LogP contribution in [0.5, 0.6) is 5.75 Å². The number of halogens is 4. The zero-order valence-electron chi connectivity index (χ0n) is 20.0. The molecule has 37 heavy (non-hydrogen) atoms. The van der Waals surface area contributed by atoms with Gasteiger partial charge in [-0.2, -0.15) is 0 Å². The average molecular weight is 529 g/mol. The molecule has 2 aromatic carbocycles. The third-order valence-corrected chi connectivity index (χ3v) is 6.52. The van der Waals surface area contributed by atoms with Gasteiger partial charge in [-0.1, -0.05) is 48.9 Å². The maximum Gasteiger partial charge on any atom is 0.573 e. The van der Waals surface area contributed by atoms with Gasteiger partial charge >= 0.3 is 6.36 Å². The number of rotatable bonds is 7. The van der Waals surface area contributed by atoms with Crippen LogP contribution < -0.4 is 10.1 Å². The van der Waals surface area contributed by atoms with E-state index in [1.165, 1.54) is 23.3 Å². The van der Waals surface area contributed by atoms with Crippen molar-refractivity contribution in [2.45, 2.75) is 45.9 Å². The highest BCUT2D eigenvalue weighted by Gasteiger charge is 2.31. The Morgan fingerprint density at radius 3 is 2.51 bits per heavy atom. The van der Waals surface area contributed by atoms with Crippen molar-refractivity contribution in [2.24, 2.45) is 0 Å². The fourth-order valence-electron chi connectivity index (χ4n) is 4.62. The van der Waals surface area contributed by atoms with E-state index in [0.717, 1.165) is 17.7 Å². The first-order chi connectivity index (χ1) is 17.7. The number of benzene rings is 2. The molecule has 4 aromatic rings. The second kappa shape index (κ2) is 10.1. The van der Waals surface area contributed by atoms with Crippen molar-refractivity contribution >= 4 is 23.2 Å². The molecule has 2 aromatic heterocycles. The molecule has 0 saturated heterocycles. The molecule has 1 aliphatic heterocycles. The second-order valence-corrected chi connectivity index (χ2v) is 9.39. The highest BCUT2D eigenvalue weighted by molar-refractivity contribution is 6.30. The molecule has 1 amide bonds. The average Bonchev–Trinajstić information content (AvgIpc) is 3.42. The largest absolute Gasteiger partial charge is 0.573 e. The molecule has 10 heteroatoms. The van der Waals surface area contributed by atoms with Crippen LogP contribution in [0, 0.1) is 0 Å². The Morgan fingerprint density at radius 1 is 1.05 bits per heavy atom. The van der Waals surface area contributed by atoms with Crippen LogP contribution in [0.15, 0.2) is 60.8 Å². The van der Waals surface area contributed by atoms with Crippen molar-refractivity contribution in [3.63, 3.8) is 0 Å². The standard InChI is InChI=1S/C27H24ClF3N4O2/c1-2-23-25(35-10-9-21(28)12-24(35)33-23)26(36)32-13-18-3-6-19-15-34(16-20(19)11-18)14-17-4-7-22(8-5-17)37-27(29,30)31/h3-12H,2,13-16H2,1H3,(H,32,36). The molecule has 0 unspecified atom stereocenters. The SMILES string of the molecule is CCc1nc2cc(Cl)ccn2c1C(=O)NCc1ccc2c(c1)CN(Cc1ccc(OC(F)(F)F)cc1)C2. The molecule has 1 aliphatic rings. The fraction of sp³-hybridized carbons (Fsp3) is 0.259. The Balaban J connectivity index is 1.21. The van der Waals surface area contributed by atoms with Crippen molar-refractivity contribution < 1.29 is 22.7 Å². The van der Waals surface area contributed by atoms with Crippen molar-refractivity contribution in [3.05, 3.63) is 99.5 Å². The molecule has 0 spiro atoms. The first-order valence-electron chi connectivity index (χ1n) is 11.8. The number of imidazole rings is 1. The molecular weight excluding hydrogens is 505 g/mol. The predicted molar refractivity (Wildman–Crippen MR) is 133 cm³/mol. The van der Waals surface area contributed by atoms with E-state index in [4.69, 9.17) is 11.6 Å². The van der Waals surface area contributed by atoms with E-state index in [1.807, 2.05) is 13.0 Å². The van der Waals surface area contributed by atoms with Crippen LogP contribution in [0.2, 0.25) is 5.02 Å². The summed E-state index contributed by atoms with van der Waals surface area (Å²) in [4.78, 5) is 19.8. The van der Waals surface area contributed by atoms with Gasteiger partial charge in [0.2, 0.25) is 0 Å². The smallest absolute Gasteiger partial charge is 0.406 e. The monoisotopic (exact) mass is 528 g/mol. The Hall–Kier alpha value is -3.56. The van der Waals surface area contributed by atoms with Crippen LogP contribution in [-0.4, -0.2) is 26.6 Å². The van der Waals surface area contributed by atoms with Gasteiger partial charge in [-0.05, 0) is 46.9 Å². The Morgan fingerprint density at radius 2 is 1.78 bits per heavy atom. The molecule has 0 saturated carbocycles. The summed E-state index contributed by atoms with van der Waals surface area (Å²) in [5, 5.41) is 3.57. The van der Waals surface area contributed by atoms with Gasteiger partial charge in [0, 0.05) is 43.5 Å². The minimum Gasteiger partial charge on any atom is -0.406 e. The van der Waals surface area contributed by atoms with Crippen LogP contribution in [0.3, 0.4) is 0 Å². The summed E-state index contributed by atoms with van der Waals surface area (Å²) in [7, 11) is 0. The van der Waals surface area contributed by atoms with E-state index in [-0.39, 0.29) is 11.7 Å². The van der Waals surface area contributed by atoms with E-state index in [9.17, 15) is 18.0 Å². The molecule has 6 nitrogen and oxygen atoms in total. The quantitative estimate of drug-likeness (QED) is 0.325. The zero-order valence-corrected chi connectivity index (χ0v) is 20.7. The summed E-state index contributed by atoms with van der Waals surface area (Å²) in [5.41, 5.74) is 6.10. The third kappa shape index (κ3) is 5.73. The van der Waals surface area contributed by atoms with Gasteiger partial charge in [0.1, 0.15) is 17.1 Å². The molecule has 0 bridgehead atoms. The van der Waals surface area contributed by atoms with Crippen LogP contribution in [0.25, 0.3) is 5.65 Å². The van der Waals surface area contributed by atoms with E-state index in [1.54, 1.807) is 34.9 Å². The van der Waals surface area contributed by atoms with Crippen LogP contribution in [0.4, 0.5) is 13.2 Å². The lowest BCUT2D eigenvalue weighted by atomic mass is 10.1. The summed E-state index contributed by atoms with van der Waals surface area (Å²) in [6, 6.07) is 15.5. The first-order valence-corrected chi connectivity index (χ1v) is 12.2. The van der Waals surface area contributed by atoms with Gasteiger partial charge in [-0.25, -0.2) is 4.98 Å². The molecule has 0 radical (unpaired) electrons. The number of carbonyl (C=O) groups is 1. The Labute approximate surface area is 216 Å². The topological polar surface area (TPSA) is 58.9 Å². The highest BCUT2D eigenvalue weighted by atomic mass is 35.5. The van der Waals surface area contributed by atoms with Gasteiger partial charge in [-0.15, -0.1) is 13.2 Å². The van der Waals surface area contributed by atoms with E-state index >= 15 is 0 Å². The van der Waals surface area contributed by atoms with Crippen LogP contribution in [-0.2, 0) is 32.6 Å². The molecule has 5 rings (SSSR count). The number of alkyl halides is 3. The van der Waals surface area contributed by atoms with Crippen molar-refractivity contribution in [1.29, 1.82) is 0 Å². The number of carbonyl (C=O) groups excluding carboxylic acids is 1. The van der Waals surface area contributed by atoms with Gasteiger partial charge in [0.05, 0.1) is 5.69 Å². The lowest BCUT2D eigenvalue weighted by Crippen LogP contribution is -2.25. The Bertz CT molecular complexity index is 1450. The minimum atomic E-state index is -4.70. The van der Waals surface area contributed by atoms with Gasteiger partial charge in [-0.3, -0.25) is 14.1 Å². The summed E-state index contributed by atoms with van der Waals surface area (Å²) in [5.74, 6) is -0.432. The number of aryl methyl sites for hydroxylation is 1. The molecule has 0 atom stereocenters. The summed E-state index contributed by atoms with van der Waals surface area (Å²) in [6.07, 6.45) is -2.33. The summed E-state index contributed by atoms with van der Waals surface area (Å²) >= 11 is 6.07. The van der Waals surface area contributed by atoms with Crippen LogP contribution >= 0.6 is 11.6 Å².